The van der Waals surface area contributed by atoms with Crippen molar-refractivity contribution in [3.8, 4) is 0 Å². The normalized spacial score (nSPS) is 12.1. The highest BCUT2D eigenvalue weighted by Gasteiger charge is 2.40. The summed E-state index contributed by atoms with van der Waals surface area (Å²) in [6.45, 7) is 0. The third-order valence-electron chi connectivity index (χ3n) is 5.82. The van der Waals surface area contributed by atoms with Crippen molar-refractivity contribution in [2.45, 2.75) is 14.0 Å². The number of anilines is 1. The summed E-state index contributed by atoms with van der Waals surface area (Å²) < 4.78 is 58.5. The van der Waals surface area contributed by atoms with Crippen molar-refractivity contribution < 1.29 is 16.8 Å². The van der Waals surface area contributed by atoms with Gasteiger partial charge in [0.05, 0.1) is 24.6 Å². The second-order valence-corrected chi connectivity index (χ2v) is 13.9. The first-order valence-corrected chi connectivity index (χ1v) is 15.9. The Bertz CT molecular complexity index is 1780. The fourth-order valence-electron chi connectivity index (χ4n) is 4.18. The molecule has 0 radical (unpaired) electrons. The van der Waals surface area contributed by atoms with Gasteiger partial charge in [-0.3, -0.25) is 5.41 Å². The van der Waals surface area contributed by atoms with Gasteiger partial charge in [-0.15, -0.1) is 23.1 Å². The number of hydrogen-bond acceptors (Lipinski definition) is 7. The molecular formula is C26H21N3O4S4. The third-order valence-corrected chi connectivity index (χ3v) is 12.4. The maximum Gasteiger partial charge on any atom is 0.278 e. The molecule has 1 heterocycles. The lowest BCUT2D eigenvalue weighted by Gasteiger charge is -2.25. The van der Waals surface area contributed by atoms with Crippen LogP contribution in [0.5, 0.6) is 0 Å². The summed E-state index contributed by atoms with van der Waals surface area (Å²) in [5.41, 5.74) is 5.64. The van der Waals surface area contributed by atoms with Gasteiger partial charge in [0, 0.05) is 10.8 Å². The molecule has 0 saturated heterocycles. The minimum Gasteiger partial charge on any atom is -0.383 e. The van der Waals surface area contributed by atoms with Gasteiger partial charge in [0.25, 0.3) is 20.0 Å². The number of thiophene rings is 1. The van der Waals surface area contributed by atoms with Crippen molar-refractivity contribution in [1.29, 1.82) is 5.41 Å². The van der Waals surface area contributed by atoms with Crippen LogP contribution in [0.25, 0.3) is 21.5 Å². The lowest BCUT2D eigenvalue weighted by Crippen LogP contribution is -2.37. The molecule has 0 aliphatic rings. The van der Waals surface area contributed by atoms with E-state index in [9.17, 15) is 16.8 Å². The smallest absolute Gasteiger partial charge is 0.278 e. The predicted molar refractivity (Wildman–Crippen MR) is 152 cm³/mol. The van der Waals surface area contributed by atoms with Crippen LogP contribution in [0.2, 0.25) is 0 Å². The second kappa shape index (κ2) is 9.49. The molecule has 0 saturated carbocycles. The molecule has 37 heavy (non-hydrogen) atoms. The first-order chi connectivity index (χ1) is 17.7. The van der Waals surface area contributed by atoms with Gasteiger partial charge in [-0.2, -0.15) is 20.5 Å². The summed E-state index contributed by atoms with van der Waals surface area (Å²) in [7, 11) is -9.35. The molecule has 0 aliphatic heterocycles. The molecule has 0 unspecified atom stereocenters. The van der Waals surface area contributed by atoms with Crippen molar-refractivity contribution in [2.75, 3.05) is 9.97 Å². The Hall–Kier alpha value is -3.38. The van der Waals surface area contributed by atoms with Crippen LogP contribution < -0.4 is 9.44 Å². The Labute approximate surface area is 223 Å². The van der Waals surface area contributed by atoms with Crippen LogP contribution in [-0.4, -0.2) is 28.9 Å². The van der Waals surface area contributed by atoms with Crippen molar-refractivity contribution in [1.82, 2.24) is 0 Å². The summed E-state index contributed by atoms with van der Waals surface area (Å²) in [6.07, 6.45) is 1.71. The van der Waals surface area contributed by atoms with Crippen LogP contribution in [-0.2, 0) is 20.0 Å². The average molecular weight is 568 g/mol. The van der Waals surface area contributed by atoms with E-state index in [1.165, 1.54) is 30.0 Å². The topological polar surface area (TPSA) is 121 Å². The fraction of sp³-hybridized carbons (Fsp3) is 0.0385. The van der Waals surface area contributed by atoms with Crippen LogP contribution in [0.1, 0.15) is 4.88 Å². The van der Waals surface area contributed by atoms with Crippen LogP contribution in [0, 0.1) is 5.41 Å². The van der Waals surface area contributed by atoms with Crippen molar-refractivity contribution in [3.05, 3.63) is 95.9 Å². The van der Waals surface area contributed by atoms with E-state index in [-0.39, 0.29) is 26.2 Å². The molecule has 5 aromatic rings. The van der Waals surface area contributed by atoms with Gasteiger partial charge in [-0.05, 0) is 35.2 Å². The van der Waals surface area contributed by atoms with Crippen LogP contribution in [0.4, 0.5) is 5.69 Å². The first-order valence-electron chi connectivity index (χ1n) is 10.9. The van der Waals surface area contributed by atoms with Gasteiger partial charge < -0.3 is 5.73 Å². The van der Waals surface area contributed by atoms with Crippen molar-refractivity contribution >= 4 is 76.2 Å². The first kappa shape index (κ1) is 25.3. The number of nitrogen functional groups attached to an aromatic ring is 1. The number of thioether (sulfide) groups is 1. The maximum absolute atomic E-state index is 14.4. The van der Waals surface area contributed by atoms with Gasteiger partial charge in [0.1, 0.15) is 5.84 Å². The number of amidine groups is 1. The third kappa shape index (κ3) is 4.27. The average Bonchev–Trinajstić information content (AvgIpc) is 3.31. The summed E-state index contributed by atoms with van der Waals surface area (Å²) in [5.74, 6) is -0.281. The molecule has 0 amide bonds. The molecule has 188 valence electrons. The van der Waals surface area contributed by atoms with E-state index in [4.69, 9.17) is 11.1 Å². The van der Waals surface area contributed by atoms with Crippen molar-refractivity contribution in [2.24, 2.45) is 5.73 Å². The molecule has 5 rings (SSSR count). The van der Waals surface area contributed by atoms with E-state index < -0.39 is 20.0 Å². The van der Waals surface area contributed by atoms with Crippen LogP contribution >= 0.6 is 23.1 Å². The van der Waals surface area contributed by atoms with Gasteiger partial charge in [0.15, 0.2) is 0 Å². The number of benzene rings is 4. The number of nitrogens with zero attached hydrogens (tertiary/aromatic N) is 1. The number of rotatable bonds is 7. The lowest BCUT2D eigenvalue weighted by atomic mass is 10.1. The van der Waals surface area contributed by atoms with E-state index in [1.54, 1.807) is 79.1 Å². The summed E-state index contributed by atoms with van der Waals surface area (Å²) in [5, 5.41) is 9.99. The largest absolute Gasteiger partial charge is 0.383 e. The standard InChI is InChI=1S/C26H21N3O4S4/c1-34-26-21(16-22(35-26)25(27)28)29(36(30,31)23-14-6-10-17-8-2-4-12-19(17)23)37(32,33)24-15-7-11-18-9-3-5-13-20(18)24/h2-16H,1H3,(H3,27,28). The number of nitrogens with two attached hydrogens (primary N) is 1. The number of hydrogen-bond donors (Lipinski definition) is 2. The van der Waals surface area contributed by atoms with Crippen LogP contribution in [0.3, 0.4) is 0 Å². The Balaban J connectivity index is 1.87. The Morgan fingerprint density at radius 2 is 1.24 bits per heavy atom. The molecule has 1 aromatic heterocycles. The zero-order valence-corrected chi connectivity index (χ0v) is 22.7. The SMILES string of the molecule is CSc1sc(C(=N)N)cc1N(S(=O)(=O)c1cccc2ccccc12)S(=O)(=O)c1cccc2ccccc12. The van der Waals surface area contributed by atoms with Gasteiger partial charge >= 0.3 is 0 Å². The van der Waals surface area contributed by atoms with Gasteiger partial charge in [0.2, 0.25) is 0 Å². The maximum atomic E-state index is 14.4. The number of sulfonamides is 2. The number of nitrogens with one attached hydrogen (secondary N) is 1. The van der Waals surface area contributed by atoms with Gasteiger partial charge in [-0.1, -0.05) is 72.8 Å². The molecule has 11 heteroatoms. The zero-order chi connectivity index (χ0) is 26.4. The Morgan fingerprint density at radius 3 is 1.70 bits per heavy atom. The molecule has 4 aromatic carbocycles. The quantitative estimate of drug-likeness (QED) is 0.149. The van der Waals surface area contributed by atoms with Crippen molar-refractivity contribution in [3.63, 3.8) is 0 Å². The highest BCUT2D eigenvalue weighted by Crippen LogP contribution is 2.43. The van der Waals surface area contributed by atoms with E-state index in [1.807, 2.05) is 0 Å². The minimum absolute atomic E-state index is 0.0661. The molecule has 0 fully saturated rings. The molecule has 7 nitrogen and oxygen atoms in total. The van der Waals surface area contributed by atoms with E-state index in [0.29, 0.717) is 29.5 Å². The summed E-state index contributed by atoms with van der Waals surface area (Å²) in [4.78, 5) is -0.0142. The highest BCUT2D eigenvalue weighted by atomic mass is 32.3. The molecular weight excluding hydrogens is 547 g/mol. The lowest BCUT2D eigenvalue weighted by molar-refractivity contribution is 0.585. The molecule has 0 atom stereocenters. The highest BCUT2D eigenvalue weighted by molar-refractivity contribution is 8.10. The van der Waals surface area contributed by atoms with E-state index in [0.717, 1.165) is 11.3 Å². The number of fused-ring (bicyclic) bond motifs is 2. The molecule has 0 bridgehead atoms. The summed E-state index contributed by atoms with van der Waals surface area (Å²) in [6, 6.07) is 24.7. The van der Waals surface area contributed by atoms with E-state index >= 15 is 0 Å². The van der Waals surface area contributed by atoms with E-state index in [2.05, 4.69) is 0 Å². The molecule has 0 aliphatic carbocycles. The predicted octanol–water partition coefficient (Wildman–Crippen LogP) is 5.64. The van der Waals surface area contributed by atoms with Gasteiger partial charge in [-0.25, -0.2) is 0 Å². The molecule has 0 spiro atoms. The Kier molecular flexibility index (Phi) is 6.48. The second-order valence-electron chi connectivity index (χ2n) is 8.06. The Morgan fingerprint density at radius 1 is 0.784 bits per heavy atom. The fourth-order valence-corrected chi connectivity index (χ4v) is 10.2. The summed E-state index contributed by atoms with van der Waals surface area (Å²) >= 11 is 2.26. The minimum atomic E-state index is -4.67. The zero-order valence-electron chi connectivity index (χ0n) is 19.5. The monoisotopic (exact) mass is 567 g/mol. The molecule has 3 N–H and O–H groups in total. The van der Waals surface area contributed by atoms with Crippen LogP contribution in [0.15, 0.2) is 105 Å².